The molecule has 4 heteroatoms. The summed E-state index contributed by atoms with van der Waals surface area (Å²) in [5, 5.41) is 3.81. The molecule has 0 saturated heterocycles. The van der Waals surface area contributed by atoms with E-state index in [1.807, 2.05) is 36.0 Å². The topological polar surface area (TPSA) is 38.3 Å². The van der Waals surface area contributed by atoms with Crippen molar-refractivity contribution in [2.24, 2.45) is 0 Å². The highest BCUT2D eigenvalue weighted by atomic mass is 32.2. The van der Waals surface area contributed by atoms with Crippen molar-refractivity contribution in [1.29, 1.82) is 0 Å². The molecule has 0 unspecified atom stereocenters. The highest BCUT2D eigenvalue weighted by molar-refractivity contribution is 7.99. The summed E-state index contributed by atoms with van der Waals surface area (Å²) in [4.78, 5) is 12.3. The number of thioether (sulfide) groups is 1. The zero-order chi connectivity index (χ0) is 16.5. The predicted octanol–water partition coefficient (Wildman–Crippen LogP) is 4.22. The molecule has 0 radical (unpaired) electrons. The van der Waals surface area contributed by atoms with Gasteiger partial charge in [-0.25, -0.2) is 0 Å². The SMILES string of the molecule is C=CCc1cc(C(=O)NCCSC2CCCCC2)ccc1OC. The first-order chi connectivity index (χ1) is 11.2. The zero-order valence-electron chi connectivity index (χ0n) is 14.0. The van der Waals surface area contributed by atoms with Gasteiger partial charge < -0.3 is 10.1 Å². The number of benzene rings is 1. The Kier molecular flexibility index (Phi) is 7.53. The third-order valence-electron chi connectivity index (χ3n) is 4.20. The van der Waals surface area contributed by atoms with Crippen molar-refractivity contribution in [3.63, 3.8) is 0 Å². The van der Waals surface area contributed by atoms with Gasteiger partial charge in [0, 0.05) is 23.1 Å². The second kappa shape index (κ2) is 9.66. The van der Waals surface area contributed by atoms with Crippen molar-refractivity contribution in [2.45, 2.75) is 43.8 Å². The van der Waals surface area contributed by atoms with E-state index in [-0.39, 0.29) is 5.91 Å². The van der Waals surface area contributed by atoms with E-state index in [1.54, 1.807) is 7.11 Å². The molecule has 126 valence electrons. The number of hydrogen-bond donors (Lipinski definition) is 1. The lowest BCUT2D eigenvalue weighted by Crippen LogP contribution is -2.26. The molecular weight excluding hydrogens is 306 g/mol. The fourth-order valence-electron chi connectivity index (χ4n) is 2.96. The van der Waals surface area contributed by atoms with Gasteiger partial charge in [0.1, 0.15) is 5.75 Å². The molecule has 1 aliphatic carbocycles. The summed E-state index contributed by atoms with van der Waals surface area (Å²) in [6.07, 6.45) is 9.30. The average Bonchev–Trinajstić information content (AvgIpc) is 2.59. The van der Waals surface area contributed by atoms with Crippen LogP contribution in [0.4, 0.5) is 0 Å². The van der Waals surface area contributed by atoms with E-state index in [4.69, 9.17) is 4.74 Å². The van der Waals surface area contributed by atoms with Crippen molar-refractivity contribution in [3.05, 3.63) is 42.0 Å². The van der Waals surface area contributed by atoms with E-state index >= 15 is 0 Å². The lowest BCUT2D eigenvalue weighted by molar-refractivity contribution is 0.0956. The minimum Gasteiger partial charge on any atom is -0.496 e. The lowest BCUT2D eigenvalue weighted by Gasteiger charge is -2.20. The highest BCUT2D eigenvalue weighted by Crippen LogP contribution is 2.27. The van der Waals surface area contributed by atoms with E-state index in [2.05, 4.69) is 11.9 Å². The molecular formula is C19H27NO2S. The van der Waals surface area contributed by atoms with E-state index in [9.17, 15) is 4.79 Å². The van der Waals surface area contributed by atoms with Gasteiger partial charge in [-0.05, 0) is 43.0 Å². The first kappa shape index (κ1) is 17.9. The largest absolute Gasteiger partial charge is 0.496 e. The zero-order valence-corrected chi connectivity index (χ0v) is 14.8. The summed E-state index contributed by atoms with van der Waals surface area (Å²) in [6, 6.07) is 5.56. The maximum absolute atomic E-state index is 12.3. The first-order valence-electron chi connectivity index (χ1n) is 8.42. The number of rotatable bonds is 8. The Morgan fingerprint density at radius 3 is 2.87 bits per heavy atom. The fourth-order valence-corrected chi connectivity index (χ4v) is 4.18. The molecule has 1 aromatic carbocycles. The summed E-state index contributed by atoms with van der Waals surface area (Å²) in [7, 11) is 1.64. The first-order valence-corrected chi connectivity index (χ1v) is 9.47. The second-order valence-electron chi connectivity index (χ2n) is 5.91. The third-order valence-corrected chi connectivity index (χ3v) is 5.58. The third kappa shape index (κ3) is 5.61. The number of methoxy groups -OCH3 is 1. The van der Waals surface area contributed by atoms with Gasteiger partial charge in [0.25, 0.3) is 5.91 Å². The minimum absolute atomic E-state index is 0.0118. The Morgan fingerprint density at radius 1 is 1.39 bits per heavy atom. The number of hydrogen-bond acceptors (Lipinski definition) is 3. The number of carbonyl (C=O) groups is 1. The Morgan fingerprint density at radius 2 is 2.17 bits per heavy atom. The summed E-state index contributed by atoms with van der Waals surface area (Å²) >= 11 is 2.00. The van der Waals surface area contributed by atoms with Crippen LogP contribution in [0.15, 0.2) is 30.9 Å². The maximum atomic E-state index is 12.3. The van der Waals surface area contributed by atoms with Crippen LogP contribution < -0.4 is 10.1 Å². The quantitative estimate of drug-likeness (QED) is 0.572. The molecule has 0 aliphatic heterocycles. The van der Waals surface area contributed by atoms with Gasteiger partial charge in [0.15, 0.2) is 0 Å². The number of ether oxygens (including phenoxy) is 1. The van der Waals surface area contributed by atoms with Crippen molar-refractivity contribution >= 4 is 17.7 Å². The van der Waals surface area contributed by atoms with Crippen LogP contribution >= 0.6 is 11.8 Å². The lowest BCUT2D eigenvalue weighted by atomic mass is 10.0. The van der Waals surface area contributed by atoms with Crippen LogP contribution in [0.25, 0.3) is 0 Å². The monoisotopic (exact) mass is 333 g/mol. The van der Waals surface area contributed by atoms with Crippen LogP contribution in [0.3, 0.4) is 0 Å². The molecule has 23 heavy (non-hydrogen) atoms. The summed E-state index contributed by atoms with van der Waals surface area (Å²) < 4.78 is 5.32. The van der Waals surface area contributed by atoms with Crippen molar-refractivity contribution < 1.29 is 9.53 Å². The van der Waals surface area contributed by atoms with Crippen molar-refractivity contribution in [2.75, 3.05) is 19.4 Å². The summed E-state index contributed by atoms with van der Waals surface area (Å²) in [5.41, 5.74) is 1.68. The molecule has 0 heterocycles. The van der Waals surface area contributed by atoms with Crippen LogP contribution in [0.2, 0.25) is 0 Å². The van der Waals surface area contributed by atoms with Crippen LogP contribution in [0.1, 0.15) is 48.0 Å². The maximum Gasteiger partial charge on any atom is 0.251 e. The van der Waals surface area contributed by atoms with Gasteiger partial charge in [-0.3, -0.25) is 4.79 Å². The molecule has 0 spiro atoms. The van der Waals surface area contributed by atoms with Crippen LogP contribution in [-0.4, -0.2) is 30.6 Å². The second-order valence-corrected chi connectivity index (χ2v) is 7.31. The standard InChI is InChI=1S/C19H27NO2S/c1-3-7-15-14-16(10-11-18(15)22-2)19(21)20-12-13-23-17-8-5-4-6-9-17/h3,10-11,14,17H,1,4-9,12-13H2,2H3,(H,20,21). The van der Waals surface area contributed by atoms with Gasteiger partial charge in [0.05, 0.1) is 7.11 Å². The molecule has 1 N–H and O–H groups in total. The fraction of sp³-hybridized carbons (Fsp3) is 0.526. The van der Waals surface area contributed by atoms with E-state index in [0.29, 0.717) is 12.0 Å². The molecule has 1 fully saturated rings. The smallest absolute Gasteiger partial charge is 0.251 e. The Balaban J connectivity index is 1.80. The molecule has 1 saturated carbocycles. The molecule has 0 atom stereocenters. The van der Waals surface area contributed by atoms with Crippen molar-refractivity contribution in [1.82, 2.24) is 5.32 Å². The Hall–Kier alpha value is -1.42. The van der Waals surface area contributed by atoms with E-state index in [0.717, 1.165) is 28.9 Å². The van der Waals surface area contributed by atoms with E-state index in [1.165, 1.54) is 32.1 Å². The number of amides is 1. The molecule has 1 aromatic rings. The van der Waals surface area contributed by atoms with Crippen LogP contribution in [-0.2, 0) is 6.42 Å². The van der Waals surface area contributed by atoms with Gasteiger partial charge in [-0.1, -0.05) is 25.3 Å². The normalized spacial score (nSPS) is 15.2. The molecule has 0 aromatic heterocycles. The van der Waals surface area contributed by atoms with Crippen molar-refractivity contribution in [3.8, 4) is 5.75 Å². The molecule has 2 rings (SSSR count). The molecule has 3 nitrogen and oxygen atoms in total. The number of nitrogens with one attached hydrogen (secondary N) is 1. The average molecular weight is 333 g/mol. The van der Waals surface area contributed by atoms with E-state index < -0.39 is 0 Å². The van der Waals surface area contributed by atoms with Gasteiger partial charge in [-0.15, -0.1) is 6.58 Å². The number of carbonyl (C=O) groups excluding carboxylic acids is 1. The molecule has 1 aliphatic rings. The van der Waals surface area contributed by atoms with Gasteiger partial charge >= 0.3 is 0 Å². The Bertz CT molecular complexity index is 524. The highest BCUT2D eigenvalue weighted by Gasteiger charge is 2.14. The summed E-state index contributed by atoms with van der Waals surface area (Å²) in [5.74, 6) is 1.78. The van der Waals surface area contributed by atoms with Crippen LogP contribution in [0, 0.1) is 0 Å². The summed E-state index contributed by atoms with van der Waals surface area (Å²) in [6.45, 7) is 4.48. The number of allylic oxidation sites excluding steroid dienone is 1. The van der Waals surface area contributed by atoms with Gasteiger partial charge in [-0.2, -0.15) is 11.8 Å². The molecule has 1 amide bonds. The Labute approximate surface area is 143 Å². The van der Waals surface area contributed by atoms with Gasteiger partial charge in [0.2, 0.25) is 0 Å². The predicted molar refractivity (Wildman–Crippen MR) is 98.6 cm³/mol. The van der Waals surface area contributed by atoms with Crippen LogP contribution in [0.5, 0.6) is 5.75 Å². The molecule has 0 bridgehead atoms. The minimum atomic E-state index is -0.0118.